The number of nitrogens with zero attached hydrogens (tertiary/aromatic N) is 2. The summed E-state index contributed by atoms with van der Waals surface area (Å²) in [4.78, 5) is 2.06. The third-order valence-corrected chi connectivity index (χ3v) is 2.79. The zero-order valence-corrected chi connectivity index (χ0v) is 11.1. The molecule has 1 aromatic carbocycles. The second-order valence-electron chi connectivity index (χ2n) is 4.64. The van der Waals surface area contributed by atoms with Crippen LogP contribution in [0.15, 0.2) is 24.3 Å². The molecule has 0 bridgehead atoms. The average Bonchev–Trinajstić information content (AvgIpc) is 2.36. The first-order chi connectivity index (χ1) is 8.52. The highest BCUT2D eigenvalue weighted by Crippen LogP contribution is 2.12. The lowest BCUT2D eigenvalue weighted by Crippen LogP contribution is -2.36. The number of benzene rings is 1. The number of nitriles is 1. The van der Waals surface area contributed by atoms with Crippen molar-refractivity contribution in [1.82, 2.24) is 4.90 Å². The van der Waals surface area contributed by atoms with E-state index >= 15 is 0 Å². The lowest BCUT2D eigenvalue weighted by atomic mass is 10.2. The summed E-state index contributed by atoms with van der Waals surface area (Å²) in [5.74, 6) is 0.611. The molecule has 0 aliphatic heterocycles. The van der Waals surface area contributed by atoms with Gasteiger partial charge in [0.15, 0.2) is 0 Å². The van der Waals surface area contributed by atoms with Gasteiger partial charge in [-0.2, -0.15) is 5.26 Å². The monoisotopic (exact) mass is 248 g/mol. The van der Waals surface area contributed by atoms with Gasteiger partial charge in [-0.05, 0) is 39.1 Å². The van der Waals surface area contributed by atoms with Gasteiger partial charge in [0.1, 0.15) is 18.5 Å². The Morgan fingerprint density at radius 3 is 2.78 bits per heavy atom. The quantitative estimate of drug-likeness (QED) is 0.831. The van der Waals surface area contributed by atoms with E-state index in [9.17, 15) is 5.11 Å². The van der Waals surface area contributed by atoms with Crippen LogP contribution in [0.5, 0.6) is 5.75 Å². The van der Waals surface area contributed by atoms with Crippen LogP contribution >= 0.6 is 0 Å². The van der Waals surface area contributed by atoms with E-state index in [0.717, 1.165) is 0 Å². The van der Waals surface area contributed by atoms with Crippen LogP contribution in [0, 0.1) is 11.3 Å². The molecule has 4 nitrogen and oxygen atoms in total. The number of aliphatic hydroxyl groups is 1. The Labute approximate surface area is 108 Å². The molecule has 4 heteroatoms. The molecule has 0 aliphatic carbocycles. The van der Waals surface area contributed by atoms with E-state index in [0.29, 0.717) is 23.9 Å². The Morgan fingerprint density at radius 1 is 1.44 bits per heavy atom. The molecule has 1 atom stereocenters. The Kier molecular flexibility index (Phi) is 5.63. The normalized spacial score (nSPS) is 12.5. The largest absolute Gasteiger partial charge is 0.491 e. The van der Waals surface area contributed by atoms with Gasteiger partial charge in [0.25, 0.3) is 0 Å². The fourth-order valence-electron chi connectivity index (χ4n) is 1.44. The maximum atomic E-state index is 9.82. The van der Waals surface area contributed by atoms with Gasteiger partial charge in [-0.3, -0.25) is 0 Å². The van der Waals surface area contributed by atoms with E-state index in [-0.39, 0.29) is 6.61 Å². The highest BCUT2D eigenvalue weighted by Gasteiger charge is 2.11. The average molecular weight is 248 g/mol. The SMILES string of the molecule is CC(C)N(C)CC(O)COc1cccc(C#N)c1. The van der Waals surface area contributed by atoms with E-state index in [1.165, 1.54) is 0 Å². The van der Waals surface area contributed by atoms with Crippen LogP contribution in [0.4, 0.5) is 0 Å². The summed E-state index contributed by atoms with van der Waals surface area (Å²) >= 11 is 0. The number of hydrogen-bond donors (Lipinski definition) is 1. The molecule has 1 unspecified atom stereocenters. The third kappa shape index (κ3) is 4.74. The van der Waals surface area contributed by atoms with Crippen molar-refractivity contribution in [3.05, 3.63) is 29.8 Å². The summed E-state index contributed by atoms with van der Waals surface area (Å²) in [6.45, 7) is 4.94. The van der Waals surface area contributed by atoms with Crippen molar-refractivity contribution in [2.24, 2.45) is 0 Å². The second kappa shape index (κ2) is 7.00. The zero-order valence-electron chi connectivity index (χ0n) is 11.1. The van der Waals surface area contributed by atoms with Gasteiger partial charge >= 0.3 is 0 Å². The molecular weight excluding hydrogens is 228 g/mol. The van der Waals surface area contributed by atoms with Crippen molar-refractivity contribution in [2.45, 2.75) is 26.0 Å². The van der Waals surface area contributed by atoms with E-state index < -0.39 is 6.10 Å². The smallest absolute Gasteiger partial charge is 0.120 e. The van der Waals surface area contributed by atoms with Gasteiger partial charge in [-0.25, -0.2) is 0 Å². The van der Waals surface area contributed by atoms with Gasteiger partial charge in [-0.1, -0.05) is 6.07 Å². The summed E-state index contributed by atoms with van der Waals surface area (Å²) in [6, 6.07) is 9.37. The Hall–Kier alpha value is -1.57. The molecule has 0 heterocycles. The molecule has 1 N–H and O–H groups in total. The van der Waals surface area contributed by atoms with Crippen LogP contribution in [0.25, 0.3) is 0 Å². The fourth-order valence-corrected chi connectivity index (χ4v) is 1.44. The van der Waals surface area contributed by atoms with E-state index in [4.69, 9.17) is 10.00 Å². The van der Waals surface area contributed by atoms with E-state index in [1.54, 1.807) is 24.3 Å². The van der Waals surface area contributed by atoms with Gasteiger partial charge in [0.2, 0.25) is 0 Å². The van der Waals surface area contributed by atoms with Gasteiger partial charge in [0.05, 0.1) is 11.6 Å². The third-order valence-electron chi connectivity index (χ3n) is 2.79. The molecule has 98 valence electrons. The summed E-state index contributed by atoms with van der Waals surface area (Å²) in [5, 5.41) is 18.6. The molecule has 0 spiro atoms. The molecule has 18 heavy (non-hydrogen) atoms. The summed E-state index contributed by atoms with van der Waals surface area (Å²) in [5.41, 5.74) is 0.557. The Balaban J connectivity index is 2.42. The van der Waals surface area contributed by atoms with Crippen molar-refractivity contribution >= 4 is 0 Å². The molecule has 0 radical (unpaired) electrons. The first-order valence-corrected chi connectivity index (χ1v) is 6.04. The molecule has 0 aliphatic rings. The number of rotatable bonds is 6. The summed E-state index contributed by atoms with van der Waals surface area (Å²) < 4.78 is 5.46. The van der Waals surface area contributed by atoms with E-state index in [1.807, 2.05) is 7.05 Å². The highest BCUT2D eigenvalue weighted by molar-refractivity contribution is 5.36. The van der Waals surface area contributed by atoms with Crippen molar-refractivity contribution in [1.29, 1.82) is 5.26 Å². The lowest BCUT2D eigenvalue weighted by Gasteiger charge is -2.24. The molecule has 0 amide bonds. The summed E-state index contributed by atoms with van der Waals surface area (Å²) in [7, 11) is 1.96. The highest BCUT2D eigenvalue weighted by atomic mass is 16.5. The molecule has 0 saturated heterocycles. The van der Waals surface area contributed by atoms with Crippen LogP contribution in [0.3, 0.4) is 0 Å². The van der Waals surface area contributed by atoms with Gasteiger partial charge in [-0.15, -0.1) is 0 Å². The maximum Gasteiger partial charge on any atom is 0.120 e. The first-order valence-electron chi connectivity index (χ1n) is 6.04. The Bertz CT molecular complexity index is 413. The molecule has 1 rings (SSSR count). The minimum atomic E-state index is -0.539. The number of aliphatic hydroxyl groups excluding tert-OH is 1. The molecular formula is C14H20N2O2. The Morgan fingerprint density at radius 2 is 2.17 bits per heavy atom. The molecule has 0 fully saturated rings. The molecule has 1 aromatic rings. The van der Waals surface area contributed by atoms with Gasteiger partial charge in [0, 0.05) is 12.6 Å². The maximum absolute atomic E-state index is 9.82. The lowest BCUT2D eigenvalue weighted by molar-refractivity contribution is 0.0678. The number of hydrogen-bond acceptors (Lipinski definition) is 4. The van der Waals surface area contributed by atoms with Crippen LogP contribution in [0.1, 0.15) is 19.4 Å². The minimum Gasteiger partial charge on any atom is -0.491 e. The van der Waals surface area contributed by atoms with Crippen molar-refractivity contribution in [3.8, 4) is 11.8 Å². The minimum absolute atomic E-state index is 0.228. The number of ether oxygens (including phenoxy) is 1. The molecule has 0 saturated carbocycles. The number of likely N-dealkylation sites (N-methyl/N-ethyl adjacent to an activating group) is 1. The van der Waals surface area contributed by atoms with Crippen molar-refractivity contribution < 1.29 is 9.84 Å². The predicted molar refractivity (Wildman–Crippen MR) is 70.4 cm³/mol. The fraction of sp³-hybridized carbons (Fsp3) is 0.500. The standard InChI is InChI=1S/C14H20N2O2/c1-11(2)16(3)9-13(17)10-18-14-6-4-5-12(7-14)8-15/h4-7,11,13,17H,9-10H2,1-3H3. The summed E-state index contributed by atoms with van der Waals surface area (Å²) in [6.07, 6.45) is -0.539. The van der Waals surface area contributed by atoms with Gasteiger partial charge < -0.3 is 14.7 Å². The predicted octanol–water partition coefficient (Wildman–Crippen LogP) is 1.64. The first kappa shape index (κ1) is 14.5. The van der Waals surface area contributed by atoms with Crippen LogP contribution < -0.4 is 4.74 Å². The van der Waals surface area contributed by atoms with Crippen molar-refractivity contribution in [2.75, 3.05) is 20.2 Å². The molecule has 0 aromatic heterocycles. The van der Waals surface area contributed by atoms with Crippen molar-refractivity contribution in [3.63, 3.8) is 0 Å². The van der Waals surface area contributed by atoms with Crippen LogP contribution in [-0.4, -0.2) is 42.4 Å². The topological polar surface area (TPSA) is 56.5 Å². The van der Waals surface area contributed by atoms with E-state index in [2.05, 4.69) is 24.8 Å². The van der Waals surface area contributed by atoms with Crippen LogP contribution in [-0.2, 0) is 0 Å². The van der Waals surface area contributed by atoms with Crippen LogP contribution in [0.2, 0.25) is 0 Å². The zero-order chi connectivity index (χ0) is 13.5. The second-order valence-corrected chi connectivity index (χ2v) is 4.64.